The largest absolute Gasteiger partial charge is 0.425 e. The predicted octanol–water partition coefficient (Wildman–Crippen LogP) is 3.74. The van der Waals surface area contributed by atoms with Gasteiger partial charge in [-0.2, -0.15) is 0 Å². The molecule has 1 rings (SSSR count). The maximum Gasteiger partial charge on any atom is 0.308 e. The molecule has 1 aromatic carbocycles. The summed E-state index contributed by atoms with van der Waals surface area (Å²) in [4.78, 5) is 10.0. The highest BCUT2D eigenvalue weighted by Gasteiger charge is 2.09. The summed E-state index contributed by atoms with van der Waals surface area (Å²) < 4.78 is 4.82. The fourth-order valence-corrected chi connectivity index (χ4v) is 1.39. The van der Waals surface area contributed by atoms with E-state index in [1.54, 1.807) is 18.2 Å². The smallest absolute Gasteiger partial charge is 0.308 e. The lowest BCUT2D eigenvalue weighted by atomic mass is 10.2. The molecule has 0 unspecified atom stereocenters. The molecule has 1 aromatic rings. The van der Waals surface area contributed by atoms with Crippen molar-refractivity contribution in [1.29, 1.82) is 0 Å². The number of carbonyl (C=O) groups is 1. The van der Waals surface area contributed by atoms with Gasteiger partial charge in [0, 0.05) is 6.92 Å². The molecule has 0 atom stereocenters. The van der Waals surface area contributed by atoms with Gasteiger partial charge in [0.25, 0.3) is 0 Å². The lowest BCUT2D eigenvalue weighted by Gasteiger charge is -2.06. The second kappa shape index (κ2) is 4.87. The molecule has 0 aliphatic rings. The first-order chi connectivity index (χ1) is 6.50. The molecule has 0 saturated carbocycles. The van der Waals surface area contributed by atoms with E-state index in [0.717, 1.165) is 0 Å². The van der Waals surface area contributed by atoms with Crippen molar-refractivity contribution in [2.24, 2.45) is 0 Å². The second-order valence-corrected chi connectivity index (χ2v) is 4.09. The van der Waals surface area contributed by atoms with E-state index in [1.165, 1.54) is 6.92 Å². The van der Waals surface area contributed by atoms with Gasteiger partial charge in [0.1, 0.15) is 10.6 Å². The monoisotopic (exact) mass is 252 g/mol. The molecule has 0 amide bonds. The van der Waals surface area contributed by atoms with Gasteiger partial charge in [0.05, 0.1) is 5.02 Å². The molecule has 0 bridgehead atoms. The van der Waals surface area contributed by atoms with E-state index >= 15 is 0 Å². The number of esters is 1. The van der Waals surface area contributed by atoms with Crippen LogP contribution in [-0.4, -0.2) is 5.97 Å². The molecule has 0 N–H and O–H groups in total. The van der Waals surface area contributed by atoms with Crippen molar-refractivity contribution in [1.82, 2.24) is 0 Å². The summed E-state index contributed by atoms with van der Waals surface area (Å²) in [6.07, 6.45) is 0. The Bertz CT molecular complexity index is 350. The molecular formula is C9H7Cl3O2. The lowest BCUT2D eigenvalue weighted by molar-refractivity contribution is -0.131. The molecule has 0 aliphatic heterocycles. The predicted molar refractivity (Wildman–Crippen MR) is 57.2 cm³/mol. The van der Waals surface area contributed by atoms with Crippen molar-refractivity contribution in [3.05, 3.63) is 28.8 Å². The van der Waals surface area contributed by atoms with Crippen LogP contribution in [0.15, 0.2) is 18.2 Å². The average molecular weight is 254 g/mol. The number of halogens is 3. The van der Waals surface area contributed by atoms with Crippen molar-refractivity contribution in [3.8, 4) is 5.75 Å². The zero-order valence-corrected chi connectivity index (χ0v) is 9.53. The summed E-state index contributed by atoms with van der Waals surface area (Å²) in [7, 11) is 0. The van der Waals surface area contributed by atoms with E-state index < -0.39 is 10.8 Å². The van der Waals surface area contributed by atoms with Crippen molar-refractivity contribution in [2.45, 2.75) is 11.8 Å². The van der Waals surface area contributed by atoms with E-state index in [4.69, 9.17) is 39.5 Å². The standard InChI is InChI=1S/C9H7Cl3O2/c1-5(13)14-8-3-2-6(9(11)12)4-7(8)10/h2-4,9H,1H3. The van der Waals surface area contributed by atoms with Crippen LogP contribution in [0.1, 0.15) is 17.3 Å². The van der Waals surface area contributed by atoms with Crippen LogP contribution < -0.4 is 4.74 Å². The zero-order valence-electron chi connectivity index (χ0n) is 7.26. The summed E-state index contributed by atoms with van der Waals surface area (Å²) in [6.45, 7) is 1.30. The number of rotatable bonds is 2. The minimum atomic E-state index is -0.640. The van der Waals surface area contributed by atoms with Crippen molar-refractivity contribution in [2.75, 3.05) is 0 Å². The lowest BCUT2D eigenvalue weighted by Crippen LogP contribution is -2.01. The molecule has 0 aromatic heterocycles. The maximum absolute atomic E-state index is 10.7. The number of carbonyl (C=O) groups excluding carboxylic acids is 1. The number of hydrogen-bond donors (Lipinski definition) is 0. The first-order valence-electron chi connectivity index (χ1n) is 3.76. The number of benzene rings is 1. The van der Waals surface area contributed by atoms with Gasteiger partial charge in [-0.15, -0.1) is 23.2 Å². The van der Waals surface area contributed by atoms with Gasteiger partial charge >= 0.3 is 5.97 Å². The maximum atomic E-state index is 10.7. The normalized spacial score (nSPS) is 10.4. The summed E-state index contributed by atoms with van der Waals surface area (Å²) in [5.74, 6) is -0.121. The van der Waals surface area contributed by atoms with Gasteiger partial charge < -0.3 is 4.74 Å². The summed E-state index contributed by atoms with van der Waals surface area (Å²) in [5.41, 5.74) is 0.661. The third-order valence-electron chi connectivity index (χ3n) is 1.46. The molecule has 76 valence electrons. The van der Waals surface area contributed by atoms with Crippen LogP contribution in [0, 0.1) is 0 Å². The molecule has 0 spiro atoms. The third-order valence-corrected chi connectivity index (χ3v) is 2.26. The zero-order chi connectivity index (χ0) is 10.7. The van der Waals surface area contributed by atoms with Crippen LogP contribution >= 0.6 is 34.8 Å². The van der Waals surface area contributed by atoms with Gasteiger partial charge in [-0.05, 0) is 17.7 Å². The van der Waals surface area contributed by atoms with Crippen LogP contribution in [0.4, 0.5) is 0 Å². The Balaban J connectivity index is 2.95. The first-order valence-corrected chi connectivity index (χ1v) is 5.02. The number of ether oxygens (including phenoxy) is 1. The van der Waals surface area contributed by atoms with E-state index in [-0.39, 0.29) is 0 Å². The minimum absolute atomic E-state index is 0.303. The first kappa shape index (κ1) is 11.6. The Kier molecular flexibility index (Phi) is 4.05. The molecule has 0 saturated heterocycles. The summed E-state index contributed by atoms with van der Waals surface area (Å²) >= 11 is 17.1. The molecule has 2 nitrogen and oxygen atoms in total. The quantitative estimate of drug-likeness (QED) is 0.456. The minimum Gasteiger partial charge on any atom is -0.425 e. The van der Waals surface area contributed by atoms with E-state index in [1.807, 2.05) is 0 Å². The van der Waals surface area contributed by atoms with Gasteiger partial charge in [-0.3, -0.25) is 4.79 Å². The SMILES string of the molecule is CC(=O)Oc1ccc(C(Cl)Cl)cc1Cl. The molecule has 0 aliphatic carbocycles. The number of alkyl halides is 2. The Morgan fingerprint density at radius 3 is 2.50 bits per heavy atom. The molecule has 0 fully saturated rings. The van der Waals surface area contributed by atoms with Crippen molar-refractivity contribution < 1.29 is 9.53 Å². The Morgan fingerprint density at radius 2 is 2.07 bits per heavy atom. The third kappa shape index (κ3) is 3.05. The summed E-state index contributed by atoms with van der Waals surface area (Å²) in [5, 5.41) is 0.309. The van der Waals surface area contributed by atoms with Gasteiger partial charge in [-0.1, -0.05) is 17.7 Å². The Labute approximate surface area is 96.7 Å². The van der Waals surface area contributed by atoms with Gasteiger partial charge in [-0.25, -0.2) is 0 Å². The Morgan fingerprint density at radius 1 is 1.43 bits per heavy atom. The molecule has 5 heteroatoms. The molecule has 14 heavy (non-hydrogen) atoms. The Hall–Kier alpha value is -0.440. The van der Waals surface area contributed by atoms with Crippen LogP contribution in [0.3, 0.4) is 0 Å². The average Bonchev–Trinajstić information content (AvgIpc) is 2.07. The fourth-order valence-electron chi connectivity index (χ4n) is 0.890. The van der Waals surface area contributed by atoms with Crippen LogP contribution in [0.5, 0.6) is 5.75 Å². The summed E-state index contributed by atoms with van der Waals surface area (Å²) in [6, 6.07) is 4.76. The molecular weight excluding hydrogens is 246 g/mol. The highest BCUT2D eigenvalue weighted by Crippen LogP contribution is 2.32. The van der Waals surface area contributed by atoms with Gasteiger partial charge in [0.15, 0.2) is 0 Å². The topological polar surface area (TPSA) is 26.3 Å². The molecule has 0 radical (unpaired) electrons. The fraction of sp³-hybridized carbons (Fsp3) is 0.222. The van der Waals surface area contributed by atoms with Crippen LogP contribution in [0.2, 0.25) is 5.02 Å². The highest BCUT2D eigenvalue weighted by atomic mass is 35.5. The van der Waals surface area contributed by atoms with Crippen LogP contribution in [0.25, 0.3) is 0 Å². The van der Waals surface area contributed by atoms with E-state index in [9.17, 15) is 4.79 Å². The van der Waals surface area contributed by atoms with E-state index in [2.05, 4.69) is 0 Å². The van der Waals surface area contributed by atoms with E-state index in [0.29, 0.717) is 16.3 Å². The number of hydrogen-bond acceptors (Lipinski definition) is 2. The molecule has 0 heterocycles. The van der Waals surface area contributed by atoms with Crippen molar-refractivity contribution >= 4 is 40.8 Å². The van der Waals surface area contributed by atoms with Crippen molar-refractivity contribution in [3.63, 3.8) is 0 Å². The second-order valence-electron chi connectivity index (χ2n) is 2.58. The van der Waals surface area contributed by atoms with Gasteiger partial charge in [0.2, 0.25) is 0 Å². The van der Waals surface area contributed by atoms with Crippen LogP contribution in [-0.2, 0) is 4.79 Å². The highest BCUT2D eigenvalue weighted by molar-refractivity contribution is 6.44.